The van der Waals surface area contributed by atoms with Crippen molar-refractivity contribution in [2.24, 2.45) is 4.99 Å². The molecule has 0 spiro atoms. The van der Waals surface area contributed by atoms with Gasteiger partial charge in [-0.1, -0.05) is 33.6 Å². The average molecular weight is 271 g/mol. The SMILES string of the molecule is ClC1=NC2CC(C2)c2ccc(Br)cc21. The first-order chi connectivity index (χ1) is 6.74. The summed E-state index contributed by atoms with van der Waals surface area (Å²) >= 11 is 9.64. The molecule has 1 saturated carbocycles. The van der Waals surface area contributed by atoms with Crippen LogP contribution in [0.25, 0.3) is 0 Å². The maximum absolute atomic E-state index is 6.17. The molecular weight excluding hydrogens is 261 g/mol. The number of hydrogen-bond acceptors (Lipinski definition) is 1. The quantitative estimate of drug-likeness (QED) is 0.682. The van der Waals surface area contributed by atoms with Crippen molar-refractivity contribution >= 4 is 32.7 Å². The molecule has 0 unspecified atom stereocenters. The summed E-state index contributed by atoms with van der Waals surface area (Å²) in [4.78, 5) is 4.49. The molecule has 3 heteroatoms. The largest absolute Gasteiger partial charge is 0.269 e. The minimum atomic E-state index is 0.471. The van der Waals surface area contributed by atoms with Crippen molar-refractivity contribution in [1.29, 1.82) is 0 Å². The molecule has 14 heavy (non-hydrogen) atoms. The second-order valence-corrected chi connectivity index (χ2v) is 5.25. The van der Waals surface area contributed by atoms with Gasteiger partial charge in [-0.3, -0.25) is 4.99 Å². The molecule has 0 radical (unpaired) electrons. The van der Waals surface area contributed by atoms with Gasteiger partial charge in [0.05, 0.1) is 6.04 Å². The molecule has 2 bridgehead atoms. The highest BCUT2D eigenvalue weighted by Gasteiger charge is 2.35. The normalized spacial score (nSPS) is 28.6. The maximum Gasteiger partial charge on any atom is 0.131 e. The zero-order valence-electron chi connectivity index (χ0n) is 7.50. The second kappa shape index (κ2) is 3.07. The van der Waals surface area contributed by atoms with E-state index in [0.717, 1.165) is 10.0 Å². The van der Waals surface area contributed by atoms with E-state index in [1.807, 2.05) is 0 Å². The Bertz CT molecular complexity index is 421. The number of aliphatic imine (C=N–C) groups is 1. The molecule has 0 amide bonds. The summed E-state index contributed by atoms with van der Waals surface area (Å²) in [5.41, 5.74) is 2.49. The molecule has 1 aliphatic carbocycles. The lowest BCUT2D eigenvalue weighted by Gasteiger charge is -2.30. The molecule has 1 aromatic rings. The molecule has 1 aromatic carbocycles. The van der Waals surface area contributed by atoms with Crippen molar-refractivity contribution in [3.05, 3.63) is 33.8 Å². The zero-order valence-corrected chi connectivity index (χ0v) is 9.85. The Morgan fingerprint density at radius 2 is 2.14 bits per heavy atom. The van der Waals surface area contributed by atoms with Crippen LogP contribution in [0.4, 0.5) is 0 Å². The van der Waals surface area contributed by atoms with Crippen LogP contribution in [-0.2, 0) is 0 Å². The smallest absolute Gasteiger partial charge is 0.131 e. The van der Waals surface area contributed by atoms with Crippen LogP contribution in [0, 0.1) is 0 Å². The third-order valence-corrected chi connectivity index (χ3v) is 3.88. The third-order valence-electron chi connectivity index (χ3n) is 3.09. The van der Waals surface area contributed by atoms with E-state index in [9.17, 15) is 0 Å². The van der Waals surface area contributed by atoms with E-state index in [1.165, 1.54) is 18.4 Å². The minimum Gasteiger partial charge on any atom is -0.269 e. The van der Waals surface area contributed by atoms with Gasteiger partial charge in [0.15, 0.2) is 0 Å². The summed E-state index contributed by atoms with van der Waals surface area (Å²) < 4.78 is 1.07. The standard InChI is InChI=1S/C11H9BrClN/c12-7-1-2-9-6-3-8(4-6)14-11(13)10(9)5-7/h1-2,5-6,8H,3-4H2. The Morgan fingerprint density at radius 3 is 2.93 bits per heavy atom. The lowest BCUT2D eigenvalue weighted by atomic mass is 9.76. The van der Waals surface area contributed by atoms with Gasteiger partial charge >= 0.3 is 0 Å². The van der Waals surface area contributed by atoms with Gasteiger partial charge in [0.1, 0.15) is 5.17 Å². The number of nitrogens with zero attached hydrogens (tertiary/aromatic N) is 1. The summed E-state index contributed by atoms with van der Waals surface area (Å²) in [5.74, 6) is 0.683. The first kappa shape index (κ1) is 8.93. The number of benzene rings is 1. The second-order valence-electron chi connectivity index (χ2n) is 3.97. The van der Waals surface area contributed by atoms with Crippen molar-refractivity contribution in [2.75, 3.05) is 0 Å². The predicted molar refractivity (Wildman–Crippen MR) is 62.3 cm³/mol. The first-order valence-corrected chi connectivity index (χ1v) is 5.94. The maximum atomic E-state index is 6.17. The summed E-state index contributed by atoms with van der Waals surface area (Å²) in [5, 5.41) is 0.686. The van der Waals surface area contributed by atoms with Crippen molar-refractivity contribution in [2.45, 2.75) is 24.8 Å². The van der Waals surface area contributed by atoms with E-state index < -0.39 is 0 Å². The molecule has 0 saturated heterocycles. The van der Waals surface area contributed by atoms with E-state index in [-0.39, 0.29) is 0 Å². The van der Waals surface area contributed by atoms with Gasteiger partial charge in [-0.05, 0) is 36.5 Å². The lowest BCUT2D eigenvalue weighted by Crippen LogP contribution is -2.23. The van der Waals surface area contributed by atoms with Crippen LogP contribution in [0.1, 0.15) is 29.9 Å². The molecule has 4 rings (SSSR count). The zero-order chi connectivity index (χ0) is 9.71. The van der Waals surface area contributed by atoms with E-state index in [1.54, 1.807) is 0 Å². The highest BCUT2D eigenvalue weighted by molar-refractivity contribution is 9.10. The Hall–Kier alpha value is -0.340. The Labute approximate surface area is 96.3 Å². The number of hydrogen-bond donors (Lipinski definition) is 0. The van der Waals surface area contributed by atoms with Crippen LogP contribution in [0.15, 0.2) is 27.7 Å². The number of rotatable bonds is 0. The molecule has 3 aliphatic rings. The van der Waals surface area contributed by atoms with Crippen molar-refractivity contribution in [3.8, 4) is 0 Å². The van der Waals surface area contributed by atoms with E-state index in [2.05, 4.69) is 39.1 Å². The van der Waals surface area contributed by atoms with Crippen molar-refractivity contribution in [1.82, 2.24) is 0 Å². The molecule has 2 aliphatic heterocycles. The van der Waals surface area contributed by atoms with Crippen LogP contribution >= 0.6 is 27.5 Å². The van der Waals surface area contributed by atoms with Gasteiger partial charge < -0.3 is 0 Å². The van der Waals surface area contributed by atoms with Crippen LogP contribution in [-0.4, -0.2) is 11.2 Å². The molecule has 72 valence electrons. The fourth-order valence-electron chi connectivity index (χ4n) is 2.24. The van der Waals surface area contributed by atoms with E-state index >= 15 is 0 Å². The Kier molecular flexibility index (Phi) is 1.96. The Morgan fingerprint density at radius 1 is 1.36 bits per heavy atom. The van der Waals surface area contributed by atoms with Crippen molar-refractivity contribution < 1.29 is 0 Å². The van der Waals surface area contributed by atoms with Crippen LogP contribution in [0.2, 0.25) is 0 Å². The third kappa shape index (κ3) is 1.24. The van der Waals surface area contributed by atoms with E-state index in [0.29, 0.717) is 17.1 Å². The van der Waals surface area contributed by atoms with E-state index in [4.69, 9.17) is 11.6 Å². The Balaban J connectivity index is 2.21. The molecule has 1 nitrogen and oxygen atoms in total. The molecule has 1 fully saturated rings. The fraction of sp³-hybridized carbons (Fsp3) is 0.364. The molecule has 2 heterocycles. The molecule has 0 atom stereocenters. The van der Waals surface area contributed by atoms with Crippen LogP contribution < -0.4 is 0 Å². The van der Waals surface area contributed by atoms with Gasteiger partial charge in [0, 0.05) is 10.0 Å². The molecular formula is C11H9BrClN. The highest BCUT2D eigenvalue weighted by atomic mass is 79.9. The fourth-order valence-corrected chi connectivity index (χ4v) is 2.90. The summed E-state index contributed by atoms with van der Waals surface area (Å²) in [6.45, 7) is 0. The molecule has 0 aromatic heterocycles. The summed E-state index contributed by atoms with van der Waals surface area (Å²) in [7, 11) is 0. The van der Waals surface area contributed by atoms with Gasteiger partial charge in [-0.2, -0.15) is 0 Å². The van der Waals surface area contributed by atoms with Gasteiger partial charge in [-0.15, -0.1) is 0 Å². The molecule has 0 N–H and O–H groups in total. The van der Waals surface area contributed by atoms with Gasteiger partial charge in [0.25, 0.3) is 0 Å². The summed E-state index contributed by atoms with van der Waals surface area (Å²) in [6.07, 6.45) is 2.34. The van der Waals surface area contributed by atoms with Gasteiger partial charge in [-0.25, -0.2) is 0 Å². The van der Waals surface area contributed by atoms with Crippen LogP contribution in [0.5, 0.6) is 0 Å². The highest BCUT2D eigenvalue weighted by Crippen LogP contribution is 2.44. The summed E-state index contributed by atoms with van der Waals surface area (Å²) in [6, 6.07) is 6.80. The lowest BCUT2D eigenvalue weighted by molar-refractivity contribution is 0.358. The minimum absolute atomic E-state index is 0.471. The first-order valence-electron chi connectivity index (χ1n) is 4.77. The predicted octanol–water partition coefficient (Wildman–Crippen LogP) is 3.69. The average Bonchev–Trinajstić information content (AvgIpc) is 2.30. The van der Waals surface area contributed by atoms with Crippen LogP contribution in [0.3, 0.4) is 0 Å². The number of halogens is 2. The topological polar surface area (TPSA) is 12.4 Å². The van der Waals surface area contributed by atoms with Crippen molar-refractivity contribution in [3.63, 3.8) is 0 Å². The van der Waals surface area contributed by atoms with Gasteiger partial charge in [0.2, 0.25) is 0 Å². The monoisotopic (exact) mass is 269 g/mol.